The lowest BCUT2D eigenvalue weighted by molar-refractivity contribution is 0.103. The van der Waals surface area contributed by atoms with E-state index in [-0.39, 0.29) is 11.3 Å². The monoisotopic (exact) mass is 278 g/mol. The molecule has 0 aliphatic heterocycles. The van der Waals surface area contributed by atoms with Gasteiger partial charge in [0.15, 0.2) is 5.78 Å². The maximum atomic E-state index is 11.8. The van der Waals surface area contributed by atoms with Gasteiger partial charge in [0.2, 0.25) is 0 Å². The van der Waals surface area contributed by atoms with Crippen molar-refractivity contribution in [3.05, 3.63) is 108 Å². The van der Waals surface area contributed by atoms with Crippen LogP contribution in [0.15, 0.2) is 97.1 Å². The second-order valence-corrected chi connectivity index (χ2v) is 4.22. The molecule has 3 aromatic carbocycles. The molecule has 3 rings (SSSR count). The van der Waals surface area contributed by atoms with E-state index in [0.717, 1.165) is 11.1 Å². The molecule has 3 aromatic rings. The summed E-state index contributed by atoms with van der Waals surface area (Å²) in [5.41, 5.74) is 1.47. The first-order chi connectivity index (χ1) is 9.88. The lowest BCUT2D eigenvalue weighted by Gasteiger charge is -1.99. The SMILES string of the molecule is O.O=C(c1ccccc1)c1ccccc1.c1ccccc1. The topological polar surface area (TPSA) is 48.6 Å². The van der Waals surface area contributed by atoms with Gasteiger partial charge in [-0.1, -0.05) is 97.1 Å². The predicted octanol–water partition coefficient (Wildman–Crippen LogP) is 3.78. The van der Waals surface area contributed by atoms with Gasteiger partial charge < -0.3 is 5.48 Å². The lowest BCUT2D eigenvalue weighted by Crippen LogP contribution is -1.99. The number of carbonyl (C=O) groups is 1. The molecular weight excluding hydrogens is 260 g/mol. The third-order valence-corrected chi connectivity index (χ3v) is 2.74. The quantitative estimate of drug-likeness (QED) is 0.658. The van der Waals surface area contributed by atoms with Crippen molar-refractivity contribution in [2.45, 2.75) is 0 Å². The van der Waals surface area contributed by atoms with Gasteiger partial charge >= 0.3 is 0 Å². The second kappa shape index (κ2) is 9.23. The zero-order chi connectivity index (χ0) is 14.0. The predicted molar refractivity (Wildman–Crippen MR) is 86.4 cm³/mol. The van der Waals surface area contributed by atoms with Crippen molar-refractivity contribution in [3.63, 3.8) is 0 Å². The Morgan fingerprint density at radius 1 is 0.476 bits per heavy atom. The molecule has 106 valence electrons. The third-order valence-electron chi connectivity index (χ3n) is 2.74. The number of hydrogen-bond donors (Lipinski definition) is 0. The zero-order valence-corrected chi connectivity index (χ0v) is 11.6. The van der Waals surface area contributed by atoms with Crippen molar-refractivity contribution < 1.29 is 10.3 Å². The number of carbonyl (C=O) groups excluding carboxylic acids is 1. The summed E-state index contributed by atoms with van der Waals surface area (Å²) in [5.74, 6) is 0.0752. The fourth-order valence-corrected chi connectivity index (χ4v) is 1.73. The van der Waals surface area contributed by atoms with Crippen LogP contribution in [0.4, 0.5) is 0 Å². The van der Waals surface area contributed by atoms with Gasteiger partial charge in [0, 0.05) is 11.1 Å². The summed E-state index contributed by atoms with van der Waals surface area (Å²) in [6.45, 7) is 0. The molecule has 0 aliphatic rings. The Bertz CT molecular complexity index is 551. The van der Waals surface area contributed by atoms with E-state index in [1.807, 2.05) is 97.1 Å². The van der Waals surface area contributed by atoms with Crippen LogP contribution in [-0.4, -0.2) is 11.3 Å². The minimum Gasteiger partial charge on any atom is -0.412 e. The minimum atomic E-state index is 0. The molecule has 0 saturated carbocycles. The molecule has 2 nitrogen and oxygen atoms in total. The molecule has 0 bridgehead atoms. The second-order valence-electron chi connectivity index (χ2n) is 4.22. The van der Waals surface area contributed by atoms with Gasteiger partial charge in [0.1, 0.15) is 0 Å². The van der Waals surface area contributed by atoms with E-state index in [1.54, 1.807) is 0 Å². The van der Waals surface area contributed by atoms with E-state index < -0.39 is 0 Å². The van der Waals surface area contributed by atoms with Crippen LogP contribution in [0.3, 0.4) is 0 Å². The van der Waals surface area contributed by atoms with Crippen LogP contribution in [0.25, 0.3) is 0 Å². The maximum Gasteiger partial charge on any atom is 0.193 e. The molecule has 0 fully saturated rings. The summed E-state index contributed by atoms with van der Waals surface area (Å²) in [5, 5.41) is 0. The Morgan fingerprint density at radius 2 is 0.714 bits per heavy atom. The van der Waals surface area contributed by atoms with Crippen molar-refractivity contribution in [2.75, 3.05) is 0 Å². The first-order valence-electron chi connectivity index (χ1n) is 6.53. The highest BCUT2D eigenvalue weighted by Gasteiger charge is 2.06. The summed E-state index contributed by atoms with van der Waals surface area (Å²) in [6.07, 6.45) is 0. The largest absolute Gasteiger partial charge is 0.412 e. The van der Waals surface area contributed by atoms with Crippen molar-refractivity contribution in [1.82, 2.24) is 0 Å². The van der Waals surface area contributed by atoms with Gasteiger partial charge in [-0.15, -0.1) is 0 Å². The Morgan fingerprint density at radius 3 is 1.00 bits per heavy atom. The molecule has 0 saturated heterocycles. The number of ketones is 1. The van der Waals surface area contributed by atoms with Crippen molar-refractivity contribution >= 4 is 5.78 Å². The fraction of sp³-hybridized carbons (Fsp3) is 0. The molecule has 0 heterocycles. The van der Waals surface area contributed by atoms with Crippen LogP contribution in [0.1, 0.15) is 15.9 Å². The average molecular weight is 278 g/mol. The highest BCUT2D eigenvalue weighted by atomic mass is 16.1. The van der Waals surface area contributed by atoms with Crippen LogP contribution in [0.5, 0.6) is 0 Å². The molecule has 0 unspecified atom stereocenters. The normalized spacial score (nSPS) is 8.76. The molecule has 0 aromatic heterocycles. The Kier molecular flexibility index (Phi) is 7.19. The molecule has 0 atom stereocenters. The molecular formula is C19H18O2. The molecule has 0 aliphatic carbocycles. The molecule has 0 radical (unpaired) electrons. The van der Waals surface area contributed by atoms with E-state index in [2.05, 4.69) is 0 Å². The van der Waals surface area contributed by atoms with Crippen LogP contribution < -0.4 is 0 Å². The van der Waals surface area contributed by atoms with Gasteiger partial charge in [0.05, 0.1) is 0 Å². The van der Waals surface area contributed by atoms with Crippen LogP contribution in [-0.2, 0) is 0 Å². The molecule has 21 heavy (non-hydrogen) atoms. The molecule has 2 heteroatoms. The molecule has 2 N–H and O–H groups in total. The van der Waals surface area contributed by atoms with Gasteiger partial charge in [-0.05, 0) is 0 Å². The summed E-state index contributed by atoms with van der Waals surface area (Å²) in [7, 11) is 0. The van der Waals surface area contributed by atoms with Gasteiger partial charge in [-0.2, -0.15) is 0 Å². The standard InChI is InChI=1S/C13H10O.C6H6.H2O/c14-13(11-7-3-1-4-8-11)12-9-5-2-6-10-12;1-2-4-6-5-3-1;/h1-10H;1-6H;1H2. The van der Waals surface area contributed by atoms with E-state index in [9.17, 15) is 4.79 Å². The van der Waals surface area contributed by atoms with Crippen molar-refractivity contribution in [2.24, 2.45) is 0 Å². The Balaban J connectivity index is 0.000000267. The van der Waals surface area contributed by atoms with Gasteiger partial charge in [-0.25, -0.2) is 0 Å². The van der Waals surface area contributed by atoms with Gasteiger partial charge in [0.25, 0.3) is 0 Å². The Hall–Kier alpha value is -2.71. The van der Waals surface area contributed by atoms with Crippen LogP contribution in [0, 0.1) is 0 Å². The maximum absolute atomic E-state index is 11.8. The van der Waals surface area contributed by atoms with Crippen LogP contribution in [0.2, 0.25) is 0 Å². The molecule has 0 spiro atoms. The molecule has 0 amide bonds. The minimum absolute atomic E-state index is 0. The van der Waals surface area contributed by atoms with Crippen molar-refractivity contribution in [1.29, 1.82) is 0 Å². The smallest absolute Gasteiger partial charge is 0.193 e. The highest BCUT2D eigenvalue weighted by molar-refractivity contribution is 6.08. The van der Waals surface area contributed by atoms with Crippen LogP contribution >= 0.6 is 0 Å². The number of hydrogen-bond acceptors (Lipinski definition) is 1. The number of benzene rings is 3. The van der Waals surface area contributed by atoms with Crippen molar-refractivity contribution in [3.8, 4) is 0 Å². The third kappa shape index (κ3) is 5.43. The summed E-state index contributed by atoms with van der Waals surface area (Å²) in [6, 6.07) is 30.6. The average Bonchev–Trinajstić information content (AvgIpc) is 2.58. The lowest BCUT2D eigenvalue weighted by atomic mass is 10.0. The highest BCUT2D eigenvalue weighted by Crippen LogP contribution is 2.08. The first kappa shape index (κ1) is 16.3. The van der Waals surface area contributed by atoms with E-state index in [0.29, 0.717) is 0 Å². The summed E-state index contributed by atoms with van der Waals surface area (Å²) >= 11 is 0. The fourth-order valence-electron chi connectivity index (χ4n) is 1.73. The van der Waals surface area contributed by atoms with E-state index >= 15 is 0 Å². The van der Waals surface area contributed by atoms with E-state index in [1.165, 1.54) is 0 Å². The number of rotatable bonds is 2. The van der Waals surface area contributed by atoms with Gasteiger partial charge in [-0.3, -0.25) is 4.79 Å². The zero-order valence-electron chi connectivity index (χ0n) is 11.6. The summed E-state index contributed by atoms with van der Waals surface area (Å²) in [4.78, 5) is 11.8. The first-order valence-corrected chi connectivity index (χ1v) is 6.53. The van der Waals surface area contributed by atoms with E-state index in [4.69, 9.17) is 0 Å². The summed E-state index contributed by atoms with van der Waals surface area (Å²) < 4.78 is 0. The Labute approximate surface area is 125 Å².